The third kappa shape index (κ3) is 2.95. The topological polar surface area (TPSA) is 0 Å². The Morgan fingerprint density at radius 2 is 0.885 bits per heavy atom. The first kappa shape index (κ1) is 16.7. The first-order chi connectivity index (χ1) is 12.8. The fourth-order valence-electron chi connectivity index (χ4n) is 3.50. The Morgan fingerprint density at radius 3 is 1.42 bits per heavy atom. The van der Waals surface area contributed by atoms with Crippen molar-refractivity contribution < 1.29 is 0 Å². The van der Waals surface area contributed by atoms with Gasteiger partial charge in [0, 0.05) is 0 Å². The van der Waals surface area contributed by atoms with Crippen molar-refractivity contribution in [2.24, 2.45) is 0 Å². The highest BCUT2D eigenvalue weighted by atomic mass is 32.1. The van der Waals surface area contributed by atoms with Gasteiger partial charge in [-0.3, -0.25) is 0 Å². The molecule has 0 N–H and O–H groups in total. The van der Waals surface area contributed by atoms with E-state index in [2.05, 4.69) is 103 Å². The fraction of sp³-hybridized carbons (Fsp3) is 0.0400. The van der Waals surface area contributed by atoms with Crippen molar-refractivity contribution >= 4 is 12.6 Å². The lowest BCUT2D eigenvalue weighted by molar-refractivity contribution is 0.907. The Balaban J connectivity index is 2.01. The summed E-state index contributed by atoms with van der Waals surface area (Å²) in [5.41, 5.74) is 5.92. The highest BCUT2D eigenvalue weighted by molar-refractivity contribution is 7.81. The standard InChI is InChI=1S/C25H20S/c26-25(21-14-6-2-7-15-21,22-16-8-3-9-17-22)24-19-11-10-18-23(24)20-12-4-1-5-13-20/h1-19,26H. The van der Waals surface area contributed by atoms with Crippen LogP contribution in [-0.2, 0) is 4.75 Å². The molecule has 0 radical (unpaired) electrons. The lowest BCUT2D eigenvalue weighted by Crippen LogP contribution is -2.23. The molecule has 0 nitrogen and oxygen atoms in total. The Hall–Kier alpha value is -2.77. The van der Waals surface area contributed by atoms with Crippen LogP contribution in [0, 0.1) is 0 Å². The van der Waals surface area contributed by atoms with Gasteiger partial charge in [0.15, 0.2) is 0 Å². The molecule has 0 aliphatic heterocycles. The molecule has 0 atom stereocenters. The quantitative estimate of drug-likeness (QED) is 0.311. The van der Waals surface area contributed by atoms with E-state index < -0.39 is 4.75 Å². The summed E-state index contributed by atoms with van der Waals surface area (Å²) in [6.45, 7) is 0. The van der Waals surface area contributed by atoms with Gasteiger partial charge in [0.05, 0.1) is 4.75 Å². The third-order valence-electron chi connectivity index (χ3n) is 4.78. The Bertz CT molecular complexity index is 937. The molecule has 0 fully saturated rings. The number of thiol groups is 1. The summed E-state index contributed by atoms with van der Waals surface area (Å²) in [7, 11) is 0. The number of benzene rings is 4. The van der Waals surface area contributed by atoms with Crippen LogP contribution in [-0.4, -0.2) is 0 Å². The molecule has 4 aromatic carbocycles. The molecule has 0 saturated carbocycles. The van der Waals surface area contributed by atoms with E-state index in [1.54, 1.807) is 0 Å². The summed E-state index contributed by atoms with van der Waals surface area (Å²) < 4.78 is -0.533. The van der Waals surface area contributed by atoms with Gasteiger partial charge in [-0.15, -0.1) is 0 Å². The second-order valence-electron chi connectivity index (χ2n) is 6.35. The zero-order valence-corrected chi connectivity index (χ0v) is 15.3. The van der Waals surface area contributed by atoms with Gasteiger partial charge in [-0.1, -0.05) is 115 Å². The molecule has 0 amide bonds. The average Bonchev–Trinajstić information content (AvgIpc) is 2.75. The summed E-state index contributed by atoms with van der Waals surface area (Å²) in [6.07, 6.45) is 0. The molecule has 0 spiro atoms. The Kier molecular flexibility index (Phi) is 4.64. The molecule has 1 heteroatoms. The minimum Gasteiger partial charge on any atom is -0.158 e. The molecule has 4 rings (SSSR count). The maximum Gasteiger partial charge on any atom is 0.0884 e. The van der Waals surface area contributed by atoms with E-state index in [0.29, 0.717) is 0 Å². The summed E-state index contributed by atoms with van der Waals surface area (Å²) in [6, 6.07) is 40.1. The maximum atomic E-state index is 5.31. The highest BCUT2D eigenvalue weighted by Crippen LogP contribution is 2.46. The van der Waals surface area contributed by atoms with Gasteiger partial charge in [-0.2, -0.15) is 12.6 Å². The van der Waals surface area contributed by atoms with Crippen LogP contribution >= 0.6 is 12.6 Å². The van der Waals surface area contributed by atoms with Gasteiger partial charge < -0.3 is 0 Å². The molecule has 0 aliphatic carbocycles. The average molecular weight is 353 g/mol. The highest BCUT2D eigenvalue weighted by Gasteiger charge is 2.34. The zero-order valence-electron chi connectivity index (χ0n) is 14.4. The lowest BCUT2D eigenvalue weighted by atomic mass is 9.80. The minimum absolute atomic E-state index is 0.533. The van der Waals surface area contributed by atoms with E-state index in [1.807, 2.05) is 12.1 Å². The first-order valence-electron chi connectivity index (χ1n) is 8.78. The zero-order chi connectivity index (χ0) is 17.8. The van der Waals surface area contributed by atoms with Crippen molar-refractivity contribution in [3.63, 3.8) is 0 Å². The van der Waals surface area contributed by atoms with E-state index in [0.717, 1.165) is 11.1 Å². The monoisotopic (exact) mass is 352 g/mol. The van der Waals surface area contributed by atoms with Crippen LogP contribution in [0.3, 0.4) is 0 Å². The van der Waals surface area contributed by atoms with Gasteiger partial charge in [-0.25, -0.2) is 0 Å². The van der Waals surface area contributed by atoms with Crippen molar-refractivity contribution in [1.29, 1.82) is 0 Å². The normalized spacial score (nSPS) is 11.3. The van der Waals surface area contributed by atoms with Crippen LogP contribution < -0.4 is 0 Å². The van der Waals surface area contributed by atoms with E-state index in [9.17, 15) is 0 Å². The van der Waals surface area contributed by atoms with Crippen molar-refractivity contribution in [3.8, 4) is 11.1 Å². The molecule has 0 heterocycles. The number of hydrogen-bond acceptors (Lipinski definition) is 1. The summed E-state index contributed by atoms with van der Waals surface area (Å²) in [5.74, 6) is 0. The van der Waals surface area contributed by atoms with Crippen molar-refractivity contribution in [2.75, 3.05) is 0 Å². The molecular formula is C25H20S. The molecule has 0 aliphatic rings. The number of rotatable bonds is 4. The SMILES string of the molecule is SC(c1ccccc1)(c1ccccc1)c1ccccc1-c1ccccc1. The summed E-state index contributed by atoms with van der Waals surface area (Å²) in [4.78, 5) is 0. The second-order valence-corrected chi connectivity index (χ2v) is 7.02. The molecule has 26 heavy (non-hydrogen) atoms. The van der Waals surface area contributed by atoms with E-state index in [1.165, 1.54) is 16.7 Å². The fourth-order valence-corrected chi connectivity index (χ4v) is 4.00. The smallest absolute Gasteiger partial charge is 0.0884 e. The van der Waals surface area contributed by atoms with Crippen molar-refractivity contribution in [3.05, 3.63) is 132 Å². The van der Waals surface area contributed by atoms with Crippen molar-refractivity contribution in [2.45, 2.75) is 4.75 Å². The summed E-state index contributed by atoms with van der Waals surface area (Å²) >= 11 is 5.31. The first-order valence-corrected chi connectivity index (χ1v) is 9.23. The lowest BCUT2D eigenvalue weighted by Gasteiger charge is -2.32. The van der Waals surface area contributed by atoms with Gasteiger partial charge in [0.2, 0.25) is 0 Å². The number of hydrogen-bond donors (Lipinski definition) is 1. The van der Waals surface area contributed by atoms with Crippen LogP contribution in [0.4, 0.5) is 0 Å². The van der Waals surface area contributed by atoms with Crippen LogP contribution in [0.1, 0.15) is 16.7 Å². The molecule has 0 bridgehead atoms. The van der Waals surface area contributed by atoms with Gasteiger partial charge in [0.25, 0.3) is 0 Å². The van der Waals surface area contributed by atoms with E-state index in [4.69, 9.17) is 12.6 Å². The van der Waals surface area contributed by atoms with Crippen LogP contribution in [0.5, 0.6) is 0 Å². The van der Waals surface area contributed by atoms with E-state index >= 15 is 0 Å². The third-order valence-corrected chi connectivity index (χ3v) is 5.54. The molecular weight excluding hydrogens is 332 g/mol. The van der Waals surface area contributed by atoms with Crippen LogP contribution in [0.25, 0.3) is 11.1 Å². The van der Waals surface area contributed by atoms with Gasteiger partial charge >= 0.3 is 0 Å². The maximum absolute atomic E-state index is 5.31. The second kappa shape index (κ2) is 7.23. The minimum atomic E-state index is -0.533. The van der Waals surface area contributed by atoms with Gasteiger partial charge in [0.1, 0.15) is 0 Å². The Morgan fingerprint density at radius 1 is 0.462 bits per heavy atom. The predicted octanol–water partition coefficient (Wildman–Crippen LogP) is 6.58. The van der Waals surface area contributed by atoms with Crippen LogP contribution in [0.15, 0.2) is 115 Å². The predicted molar refractivity (Wildman–Crippen MR) is 114 cm³/mol. The van der Waals surface area contributed by atoms with Crippen LogP contribution in [0.2, 0.25) is 0 Å². The van der Waals surface area contributed by atoms with E-state index in [-0.39, 0.29) is 0 Å². The van der Waals surface area contributed by atoms with Crippen molar-refractivity contribution in [1.82, 2.24) is 0 Å². The molecule has 4 aromatic rings. The van der Waals surface area contributed by atoms with Gasteiger partial charge in [-0.05, 0) is 27.8 Å². The largest absolute Gasteiger partial charge is 0.158 e. The molecule has 126 valence electrons. The summed E-state index contributed by atoms with van der Waals surface area (Å²) in [5, 5.41) is 0. The molecule has 0 saturated heterocycles. The Labute approximate surface area is 160 Å². The molecule has 0 unspecified atom stereocenters. The molecule has 0 aromatic heterocycles.